The Morgan fingerprint density at radius 2 is 2.00 bits per heavy atom. The molecule has 1 aliphatic heterocycles. The van der Waals surface area contributed by atoms with Crippen LogP contribution in [0.25, 0.3) is 0 Å². The molecule has 0 radical (unpaired) electrons. The summed E-state index contributed by atoms with van der Waals surface area (Å²) in [7, 11) is 0. The lowest BCUT2D eigenvalue weighted by Crippen LogP contribution is -2.41. The second-order valence-corrected chi connectivity index (χ2v) is 4.19. The van der Waals surface area contributed by atoms with Crippen molar-refractivity contribution >= 4 is 5.69 Å². The highest BCUT2D eigenvalue weighted by molar-refractivity contribution is 5.55. The van der Waals surface area contributed by atoms with E-state index >= 15 is 0 Å². The molecule has 15 heavy (non-hydrogen) atoms. The lowest BCUT2D eigenvalue weighted by atomic mass is 10.1. The summed E-state index contributed by atoms with van der Waals surface area (Å²) in [5, 5.41) is 3.39. The molecule has 1 heterocycles. The molecule has 0 bridgehead atoms. The van der Waals surface area contributed by atoms with Gasteiger partial charge in [0.2, 0.25) is 0 Å². The molecule has 1 aromatic rings. The van der Waals surface area contributed by atoms with Crippen molar-refractivity contribution < 1.29 is 0 Å². The third-order valence-corrected chi connectivity index (χ3v) is 2.91. The molecule has 3 heteroatoms. The van der Waals surface area contributed by atoms with Crippen molar-refractivity contribution in [2.45, 2.75) is 32.9 Å². The Hall–Kier alpha value is -1.06. The molecule has 0 spiro atoms. The molecular weight excluding hydrogens is 186 g/mol. The van der Waals surface area contributed by atoms with E-state index in [1.54, 1.807) is 0 Å². The number of hydrogen-bond acceptors (Lipinski definition) is 3. The smallest absolute Gasteiger partial charge is 0.0750 e. The average Bonchev–Trinajstić information content (AvgIpc) is 2.70. The molecule has 0 amide bonds. The lowest BCUT2D eigenvalue weighted by molar-refractivity contribution is 0.526. The predicted octanol–water partition coefficient (Wildman–Crippen LogP) is 1.93. The Balaban J connectivity index is 1.97. The Bertz CT molecular complexity index is 309. The molecule has 0 saturated carbocycles. The van der Waals surface area contributed by atoms with Crippen LogP contribution in [-0.4, -0.2) is 12.7 Å². The first-order valence-electron chi connectivity index (χ1n) is 5.58. The summed E-state index contributed by atoms with van der Waals surface area (Å²) in [5.41, 5.74) is 10.4. The van der Waals surface area contributed by atoms with Crippen molar-refractivity contribution in [1.29, 1.82) is 0 Å². The van der Waals surface area contributed by atoms with Gasteiger partial charge in [-0.25, -0.2) is 5.43 Å². The van der Waals surface area contributed by atoms with Gasteiger partial charge in [0, 0.05) is 0 Å². The van der Waals surface area contributed by atoms with Crippen LogP contribution in [0, 0.1) is 13.8 Å². The van der Waals surface area contributed by atoms with E-state index in [9.17, 15) is 0 Å². The maximum Gasteiger partial charge on any atom is 0.0750 e. The van der Waals surface area contributed by atoms with Crippen molar-refractivity contribution in [2.75, 3.05) is 12.0 Å². The van der Waals surface area contributed by atoms with Gasteiger partial charge in [0.05, 0.1) is 11.9 Å². The topological polar surface area (TPSA) is 36.1 Å². The first-order chi connectivity index (χ1) is 7.27. The number of anilines is 1. The zero-order valence-corrected chi connectivity index (χ0v) is 9.43. The van der Waals surface area contributed by atoms with Gasteiger partial charge in [-0.15, -0.1) is 0 Å². The molecule has 3 N–H and O–H groups in total. The molecule has 1 saturated heterocycles. The summed E-state index contributed by atoms with van der Waals surface area (Å²) in [6, 6.07) is 6.34. The highest BCUT2D eigenvalue weighted by atomic mass is 15.4. The molecule has 3 nitrogen and oxygen atoms in total. The molecule has 0 unspecified atom stereocenters. The minimum Gasteiger partial charge on any atom is -0.319 e. The number of rotatable bonds is 3. The van der Waals surface area contributed by atoms with E-state index in [-0.39, 0.29) is 0 Å². The zero-order valence-electron chi connectivity index (χ0n) is 9.43. The van der Waals surface area contributed by atoms with Crippen LogP contribution in [0.1, 0.15) is 24.0 Å². The molecule has 82 valence electrons. The normalized spacial score (nSPS) is 20.5. The number of para-hydroxylation sites is 1. The largest absolute Gasteiger partial charge is 0.319 e. The Morgan fingerprint density at radius 1 is 1.27 bits per heavy atom. The number of benzene rings is 1. The first kappa shape index (κ1) is 10.5. The minimum atomic E-state index is 0.406. The van der Waals surface area contributed by atoms with E-state index in [4.69, 9.17) is 0 Å². The molecule has 0 aliphatic carbocycles. The maximum absolute atomic E-state index is 3.39. The van der Waals surface area contributed by atoms with Crippen LogP contribution in [0.2, 0.25) is 0 Å². The van der Waals surface area contributed by atoms with E-state index in [1.807, 2.05) is 0 Å². The van der Waals surface area contributed by atoms with Crippen LogP contribution in [0.4, 0.5) is 5.69 Å². The van der Waals surface area contributed by atoms with Gasteiger partial charge in [-0.1, -0.05) is 18.2 Å². The fraction of sp³-hybridized carbons (Fsp3) is 0.500. The van der Waals surface area contributed by atoms with Crippen LogP contribution in [0.15, 0.2) is 18.2 Å². The number of nitrogens with one attached hydrogen (secondary N) is 3. The average molecular weight is 205 g/mol. The molecule has 2 rings (SSSR count). The highest BCUT2D eigenvalue weighted by Crippen LogP contribution is 2.18. The number of hydrogen-bond donors (Lipinski definition) is 3. The van der Waals surface area contributed by atoms with Crippen LogP contribution in [0.3, 0.4) is 0 Å². The van der Waals surface area contributed by atoms with Crippen LogP contribution in [-0.2, 0) is 0 Å². The quantitative estimate of drug-likeness (QED) is 0.660. The summed E-state index contributed by atoms with van der Waals surface area (Å²) in [6.45, 7) is 5.37. The molecule has 1 fully saturated rings. The van der Waals surface area contributed by atoms with E-state index in [0.29, 0.717) is 6.17 Å². The maximum atomic E-state index is 3.39. The number of hydrazine groups is 1. The summed E-state index contributed by atoms with van der Waals surface area (Å²) >= 11 is 0. The van der Waals surface area contributed by atoms with Gasteiger partial charge in [0.1, 0.15) is 0 Å². The van der Waals surface area contributed by atoms with Crippen LogP contribution < -0.4 is 16.2 Å². The van der Waals surface area contributed by atoms with Crippen molar-refractivity contribution in [3.05, 3.63) is 29.3 Å². The van der Waals surface area contributed by atoms with Gasteiger partial charge in [0.25, 0.3) is 0 Å². The Labute approximate surface area is 91.2 Å². The second-order valence-electron chi connectivity index (χ2n) is 4.19. The van der Waals surface area contributed by atoms with Gasteiger partial charge in [-0.3, -0.25) is 0 Å². The first-order valence-corrected chi connectivity index (χ1v) is 5.58. The molecular formula is C12H19N3. The molecule has 0 aromatic heterocycles. The molecule has 1 aliphatic rings. The SMILES string of the molecule is Cc1cccc(C)c1NN[C@@H]1CCCN1. The van der Waals surface area contributed by atoms with Gasteiger partial charge < -0.3 is 10.7 Å². The van der Waals surface area contributed by atoms with E-state index < -0.39 is 0 Å². The summed E-state index contributed by atoms with van der Waals surface area (Å²) in [6.07, 6.45) is 2.85. The summed E-state index contributed by atoms with van der Waals surface area (Å²) < 4.78 is 0. The van der Waals surface area contributed by atoms with Gasteiger partial charge in [-0.2, -0.15) is 0 Å². The van der Waals surface area contributed by atoms with E-state index in [0.717, 1.165) is 6.54 Å². The fourth-order valence-corrected chi connectivity index (χ4v) is 1.98. The fourth-order valence-electron chi connectivity index (χ4n) is 1.98. The van der Waals surface area contributed by atoms with Gasteiger partial charge >= 0.3 is 0 Å². The predicted molar refractivity (Wildman–Crippen MR) is 63.7 cm³/mol. The standard InChI is InChI=1S/C12H19N3/c1-9-5-3-6-10(2)12(9)15-14-11-7-4-8-13-11/h3,5-6,11,13-15H,4,7-8H2,1-2H3/t11-/m1/s1. The minimum absolute atomic E-state index is 0.406. The lowest BCUT2D eigenvalue weighted by Gasteiger charge is -2.17. The van der Waals surface area contributed by atoms with E-state index in [1.165, 1.54) is 29.7 Å². The molecule has 1 aromatic carbocycles. The molecule has 1 atom stereocenters. The van der Waals surface area contributed by atoms with Gasteiger partial charge in [0.15, 0.2) is 0 Å². The number of aryl methyl sites for hydroxylation is 2. The van der Waals surface area contributed by atoms with Crippen molar-refractivity contribution in [3.63, 3.8) is 0 Å². The second kappa shape index (κ2) is 4.64. The van der Waals surface area contributed by atoms with Crippen LogP contribution >= 0.6 is 0 Å². The third kappa shape index (κ3) is 2.49. The monoisotopic (exact) mass is 205 g/mol. The Morgan fingerprint density at radius 3 is 2.60 bits per heavy atom. The van der Waals surface area contributed by atoms with Crippen LogP contribution in [0.5, 0.6) is 0 Å². The zero-order chi connectivity index (χ0) is 10.7. The van der Waals surface area contributed by atoms with Gasteiger partial charge in [-0.05, 0) is 44.4 Å². The van der Waals surface area contributed by atoms with Crippen molar-refractivity contribution in [2.24, 2.45) is 0 Å². The third-order valence-electron chi connectivity index (χ3n) is 2.91. The Kier molecular flexibility index (Phi) is 3.23. The van der Waals surface area contributed by atoms with E-state index in [2.05, 4.69) is 48.2 Å². The summed E-state index contributed by atoms with van der Waals surface area (Å²) in [5.74, 6) is 0. The summed E-state index contributed by atoms with van der Waals surface area (Å²) in [4.78, 5) is 0. The van der Waals surface area contributed by atoms with Crippen molar-refractivity contribution in [1.82, 2.24) is 10.7 Å². The highest BCUT2D eigenvalue weighted by Gasteiger charge is 2.13. The van der Waals surface area contributed by atoms with Crippen molar-refractivity contribution in [3.8, 4) is 0 Å².